The molecule has 2 aromatic rings. The molecule has 3 rings (SSSR count). The SMILES string of the molecule is CO/C(CC(=O)Nc1nc(-c2cccc(F)c2F)cs1)=C1\C(=N)N(C)C(=O)N(C)C1=O. The number of aromatic nitrogens is 1. The van der Waals surface area contributed by atoms with E-state index in [9.17, 15) is 23.2 Å². The molecule has 9 nitrogen and oxygen atoms in total. The van der Waals surface area contributed by atoms with E-state index in [-0.39, 0.29) is 27.7 Å². The first-order valence-electron chi connectivity index (χ1n) is 8.77. The zero-order valence-corrected chi connectivity index (χ0v) is 17.5. The molecule has 0 bridgehead atoms. The minimum absolute atomic E-state index is 0.0477. The van der Waals surface area contributed by atoms with Crippen LogP contribution in [0.25, 0.3) is 11.3 Å². The van der Waals surface area contributed by atoms with Gasteiger partial charge in [-0.1, -0.05) is 6.07 Å². The largest absolute Gasteiger partial charge is 0.500 e. The second-order valence-electron chi connectivity index (χ2n) is 6.42. The number of halogens is 2. The van der Waals surface area contributed by atoms with E-state index in [0.29, 0.717) is 0 Å². The van der Waals surface area contributed by atoms with Gasteiger partial charge in [-0.15, -0.1) is 11.3 Å². The van der Waals surface area contributed by atoms with Crippen molar-refractivity contribution in [2.45, 2.75) is 6.42 Å². The topological polar surface area (TPSA) is 116 Å². The van der Waals surface area contributed by atoms with Gasteiger partial charge >= 0.3 is 6.03 Å². The van der Waals surface area contributed by atoms with Crippen LogP contribution in [-0.2, 0) is 14.3 Å². The van der Waals surface area contributed by atoms with E-state index in [0.717, 1.165) is 27.2 Å². The fraction of sp³-hybridized carbons (Fsp3) is 0.211. The van der Waals surface area contributed by atoms with Gasteiger partial charge in [-0.05, 0) is 12.1 Å². The van der Waals surface area contributed by atoms with E-state index in [1.165, 1.54) is 38.7 Å². The smallest absolute Gasteiger partial charge is 0.332 e. The Balaban J connectivity index is 1.80. The lowest BCUT2D eigenvalue weighted by atomic mass is 10.1. The average molecular weight is 449 g/mol. The van der Waals surface area contributed by atoms with Crippen LogP contribution >= 0.6 is 11.3 Å². The maximum Gasteiger partial charge on any atom is 0.332 e. The van der Waals surface area contributed by atoms with Gasteiger partial charge in [0.05, 0.1) is 19.2 Å². The van der Waals surface area contributed by atoms with Crippen LogP contribution < -0.4 is 5.32 Å². The predicted molar refractivity (Wildman–Crippen MR) is 108 cm³/mol. The monoisotopic (exact) mass is 449 g/mol. The zero-order valence-electron chi connectivity index (χ0n) is 16.7. The number of benzene rings is 1. The molecule has 1 aromatic heterocycles. The summed E-state index contributed by atoms with van der Waals surface area (Å²) in [4.78, 5) is 42.7. The molecule has 0 radical (unpaired) electrons. The normalized spacial score (nSPS) is 16.0. The highest BCUT2D eigenvalue weighted by atomic mass is 32.1. The van der Waals surface area contributed by atoms with E-state index in [1.54, 1.807) is 0 Å². The van der Waals surface area contributed by atoms with Gasteiger partial charge in [0.15, 0.2) is 16.8 Å². The number of urea groups is 1. The van der Waals surface area contributed by atoms with Crippen LogP contribution in [0.2, 0.25) is 0 Å². The fourth-order valence-corrected chi connectivity index (χ4v) is 3.55. The number of methoxy groups -OCH3 is 1. The van der Waals surface area contributed by atoms with Crippen molar-refractivity contribution in [3.05, 3.63) is 46.5 Å². The molecule has 162 valence electrons. The van der Waals surface area contributed by atoms with E-state index < -0.39 is 41.7 Å². The number of amides is 4. The molecule has 2 N–H and O–H groups in total. The van der Waals surface area contributed by atoms with Gasteiger partial charge in [0, 0.05) is 25.0 Å². The van der Waals surface area contributed by atoms with Crippen LogP contribution in [0, 0.1) is 17.0 Å². The van der Waals surface area contributed by atoms with Crippen LogP contribution in [0.3, 0.4) is 0 Å². The first-order valence-corrected chi connectivity index (χ1v) is 9.65. The molecule has 4 amide bonds. The standard InChI is InChI=1S/C19H17F2N5O4S/c1-25-16(22)14(17(28)26(2)19(25)29)12(30-3)7-13(27)24-18-23-11(8-31-18)9-5-4-6-10(20)15(9)21/h4-6,8,22H,7H2,1-3H3,(H,23,24,27)/b14-12+,22-16?. The van der Waals surface area contributed by atoms with Crippen LogP contribution in [0.15, 0.2) is 34.9 Å². The number of nitrogens with one attached hydrogen (secondary N) is 2. The van der Waals surface area contributed by atoms with Crippen LogP contribution in [0.4, 0.5) is 18.7 Å². The molecule has 1 fully saturated rings. The van der Waals surface area contributed by atoms with Crippen molar-refractivity contribution in [3.63, 3.8) is 0 Å². The van der Waals surface area contributed by atoms with E-state index in [4.69, 9.17) is 10.1 Å². The van der Waals surface area contributed by atoms with Gasteiger partial charge in [-0.3, -0.25) is 24.8 Å². The number of carbonyl (C=O) groups excluding carboxylic acids is 3. The highest BCUT2D eigenvalue weighted by Crippen LogP contribution is 2.28. The Labute approximate surface area is 179 Å². The van der Waals surface area contributed by atoms with Crippen LogP contribution in [-0.4, -0.2) is 59.7 Å². The Morgan fingerprint density at radius 2 is 1.97 bits per heavy atom. The predicted octanol–water partition coefficient (Wildman–Crippen LogP) is 2.82. The first kappa shape index (κ1) is 22.0. The van der Waals surface area contributed by atoms with Crippen molar-refractivity contribution >= 4 is 40.1 Å². The second kappa shape index (κ2) is 8.60. The number of thiazole rings is 1. The Morgan fingerprint density at radius 3 is 2.65 bits per heavy atom. The quantitative estimate of drug-likeness (QED) is 0.538. The van der Waals surface area contributed by atoms with Gasteiger partial charge in [-0.2, -0.15) is 0 Å². The van der Waals surface area contributed by atoms with Crippen molar-refractivity contribution in [3.8, 4) is 11.3 Å². The molecule has 1 saturated heterocycles. The Bertz CT molecular complexity index is 1100. The third kappa shape index (κ3) is 4.14. The van der Waals surface area contributed by atoms with E-state index in [2.05, 4.69) is 10.3 Å². The summed E-state index contributed by atoms with van der Waals surface area (Å²) in [6.07, 6.45) is -0.418. The Morgan fingerprint density at radius 1 is 1.26 bits per heavy atom. The third-order valence-corrected chi connectivity index (χ3v) is 5.25. The molecule has 12 heteroatoms. The summed E-state index contributed by atoms with van der Waals surface area (Å²) in [6, 6.07) is 3.01. The number of ether oxygens (including phenoxy) is 1. The highest BCUT2D eigenvalue weighted by molar-refractivity contribution is 7.14. The molecule has 0 atom stereocenters. The van der Waals surface area contributed by atoms with Crippen LogP contribution in [0.5, 0.6) is 0 Å². The first-order chi connectivity index (χ1) is 14.6. The van der Waals surface area contributed by atoms with Crippen LogP contribution in [0.1, 0.15) is 6.42 Å². The summed E-state index contributed by atoms with van der Waals surface area (Å²) in [5.74, 6) is -3.94. The molecule has 0 spiro atoms. The van der Waals surface area contributed by atoms with Crippen molar-refractivity contribution in [2.24, 2.45) is 0 Å². The maximum absolute atomic E-state index is 13.9. The molecular formula is C19H17F2N5O4S. The lowest BCUT2D eigenvalue weighted by Crippen LogP contribution is -2.53. The molecule has 1 aliphatic heterocycles. The lowest BCUT2D eigenvalue weighted by molar-refractivity contribution is -0.123. The van der Waals surface area contributed by atoms with Crippen molar-refractivity contribution in [1.29, 1.82) is 5.41 Å². The van der Waals surface area contributed by atoms with Gasteiger partial charge < -0.3 is 10.1 Å². The summed E-state index contributed by atoms with van der Waals surface area (Å²) in [6.45, 7) is 0. The number of imide groups is 1. The van der Waals surface area contributed by atoms with Gasteiger partial charge in [0.1, 0.15) is 17.2 Å². The summed E-state index contributed by atoms with van der Waals surface area (Å²) in [5.41, 5.74) is -0.119. The van der Waals surface area contributed by atoms with E-state index in [1.807, 2.05) is 0 Å². The van der Waals surface area contributed by atoms with Crippen molar-refractivity contribution in [1.82, 2.24) is 14.8 Å². The molecular weight excluding hydrogens is 432 g/mol. The number of hydrogen-bond donors (Lipinski definition) is 2. The molecule has 0 aliphatic carbocycles. The summed E-state index contributed by atoms with van der Waals surface area (Å²) < 4.78 is 32.5. The average Bonchev–Trinajstić information content (AvgIpc) is 3.20. The lowest BCUT2D eigenvalue weighted by Gasteiger charge is -2.31. The number of hydrogen-bond acceptors (Lipinski definition) is 7. The molecule has 0 saturated carbocycles. The number of likely N-dealkylation sites (N-methyl/N-ethyl adjacent to an activating group) is 2. The van der Waals surface area contributed by atoms with Gasteiger partial charge in [-0.25, -0.2) is 18.6 Å². The highest BCUT2D eigenvalue weighted by Gasteiger charge is 2.38. The third-order valence-electron chi connectivity index (χ3n) is 4.49. The summed E-state index contributed by atoms with van der Waals surface area (Å²) >= 11 is 1.00. The number of carbonyl (C=O) groups is 3. The molecule has 2 heterocycles. The van der Waals surface area contributed by atoms with Crippen molar-refractivity contribution in [2.75, 3.05) is 26.5 Å². The molecule has 1 aliphatic rings. The molecule has 31 heavy (non-hydrogen) atoms. The van der Waals surface area contributed by atoms with Crippen molar-refractivity contribution < 1.29 is 27.9 Å². The zero-order chi connectivity index (χ0) is 22.9. The maximum atomic E-state index is 13.9. The number of anilines is 1. The fourth-order valence-electron chi connectivity index (χ4n) is 2.82. The molecule has 0 unspecified atom stereocenters. The minimum Gasteiger partial charge on any atom is -0.500 e. The van der Waals surface area contributed by atoms with Gasteiger partial charge in [0.2, 0.25) is 5.91 Å². The number of nitrogens with zero attached hydrogens (tertiary/aromatic N) is 3. The number of rotatable bonds is 5. The number of amidine groups is 1. The Kier molecular flexibility index (Phi) is 6.11. The summed E-state index contributed by atoms with van der Waals surface area (Å²) in [7, 11) is 3.81. The minimum atomic E-state index is -1.05. The Hall–Kier alpha value is -3.67. The second-order valence-corrected chi connectivity index (χ2v) is 7.28. The summed E-state index contributed by atoms with van der Waals surface area (Å²) in [5, 5.41) is 12.1. The van der Waals surface area contributed by atoms with E-state index >= 15 is 0 Å². The van der Waals surface area contributed by atoms with Gasteiger partial charge in [0.25, 0.3) is 5.91 Å². The molecule has 1 aromatic carbocycles.